The van der Waals surface area contributed by atoms with Gasteiger partial charge in [0.05, 0.1) is 19.7 Å². The van der Waals surface area contributed by atoms with Gasteiger partial charge in [-0.3, -0.25) is 9.48 Å². The van der Waals surface area contributed by atoms with Crippen molar-refractivity contribution >= 4 is 5.91 Å². The molecule has 0 aliphatic carbocycles. The summed E-state index contributed by atoms with van der Waals surface area (Å²) >= 11 is 0. The van der Waals surface area contributed by atoms with E-state index in [4.69, 9.17) is 13.7 Å². The minimum Gasteiger partial charge on any atom is -0.451 e. The molecule has 0 bridgehead atoms. The van der Waals surface area contributed by atoms with Crippen molar-refractivity contribution in [2.75, 3.05) is 20.3 Å². The number of carbonyl (C=O) groups is 1. The number of amides is 1. The SMILES string of the molecule is COCCn1nc(-c2cocn2)c2c1CCN(C(=O)c1cc(C)on1)C2. The van der Waals surface area contributed by atoms with Crippen molar-refractivity contribution in [3.05, 3.63) is 41.4 Å². The topological polar surface area (TPSA) is 99.4 Å². The van der Waals surface area contributed by atoms with Gasteiger partial charge >= 0.3 is 0 Å². The highest BCUT2D eigenvalue weighted by Crippen LogP contribution is 2.30. The molecule has 0 spiro atoms. The number of carbonyl (C=O) groups excluding carboxylic acids is 1. The number of hydrogen-bond acceptors (Lipinski definition) is 7. The Balaban J connectivity index is 1.66. The molecule has 1 amide bonds. The molecule has 0 N–H and O–H groups in total. The van der Waals surface area contributed by atoms with E-state index in [1.165, 1.54) is 6.39 Å². The third-order valence-corrected chi connectivity index (χ3v) is 4.45. The maximum atomic E-state index is 12.7. The Morgan fingerprint density at radius 1 is 1.42 bits per heavy atom. The van der Waals surface area contributed by atoms with E-state index in [-0.39, 0.29) is 5.91 Å². The maximum absolute atomic E-state index is 12.7. The average molecular weight is 357 g/mol. The molecule has 4 rings (SSSR count). The number of ether oxygens (including phenoxy) is 1. The first-order valence-electron chi connectivity index (χ1n) is 8.36. The van der Waals surface area contributed by atoms with Crippen LogP contribution in [-0.2, 0) is 24.2 Å². The van der Waals surface area contributed by atoms with Gasteiger partial charge in [-0.2, -0.15) is 5.10 Å². The number of fused-ring (bicyclic) bond motifs is 1. The van der Waals surface area contributed by atoms with Crippen LogP contribution in [0.15, 0.2) is 27.7 Å². The zero-order chi connectivity index (χ0) is 18.1. The van der Waals surface area contributed by atoms with Crippen LogP contribution in [0.25, 0.3) is 11.4 Å². The molecule has 0 saturated carbocycles. The summed E-state index contributed by atoms with van der Waals surface area (Å²) in [6.45, 7) is 4.00. The second kappa shape index (κ2) is 6.75. The van der Waals surface area contributed by atoms with Crippen molar-refractivity contribution in [1.29, 1.82) is 0 Å². The van der Waals surface area contributed by atoms with Crippen LogP contribution < -0.4 is 0 Å². The molecule has 9 heteroatoms. The predicted molar refractivity (Wildman–Crippen MR) is 89.3 cm³/mol. The molecular formula is C17H19N5O4. The highest BCUT2D eigenvalue weighted by atomic mass is 16.5. The van der Waals surface area contributed by atoms with E-state index >= 15 is 0 Å². The van der Waals surface area contributed by atoms with Gasteiger partial charge in [0, 0.05) is 37.4 Å². The standard InChI is InChI=1S/C17H19N5O4/c1-11-7-13(20-26-11)17(23)21-4-3-15-12(8-21)16(14-9-25-10-18-14)19-22(15)5-6-24-2/h7,9-10H,3-6,8H2,1-2H3. The highest BCUT2D eigenvalue weighted by Gasteiger charge is 2.30. The number of oxazole rings is 1. The van der Waals surface area contributed by atoms with Gasteiger partial charge in [0.15, 0.2) is 12.1 Å². The Kier molecular flexibility index (Phi) is 4.29. The molecule has 0 fully saturated rings. The number of rotatable bonds is 5. The first-order chi connectivity index (χ1) is 12.7. The molecule has 0 aromatic carbocycles. The van der Waals surface area contributed by atoms with Gasteiger partial charge in [0.2, 0.25) is 0 Å². The van der Waals surface area contributed by atoms with Crippen LogP contribution >= 0.6 is 0 Å². The third-order valence-electron chi connectivity index (χ3n) is 4.45. The van der Waals surface area contributed by atoms with Crippen molar-refractivity contribution in [1.82, 2.24) is 24.8 Å². The summed E-state index contributed by atoms with van der Waals surface area (Å²) in [4.78, 5) is 18.7. The third kappa shape index (κ3) is 2.90. The highest BCUT2D eigenvalue weighted by molar-refractivity contribution is 5.92. The van der Waals surface area contributed by atoms with Gasteiger partial charge in [-0.25, -0.2) is 4.98 Å². The van der Waals surface area contributed by atoms with E-state index in [1.54, 1.807) is 31.3 Å². The summed E-state index contributed by atoms with van der Waals surface area (Å²) in [5.41, 5.74) is 3.79. The van der Waals surface area contributed by atoms with Crippen molar-refractivity contribution in [2.45, 2.75) is 26.4 Å². The van der Waals surface area contributed by atoms with Gasteiger partial charge in [-0.05, 0) is 6.92 Å². The molecule has 4 heterocycles. The van der Waals surface area contributed by atoms with E-state index in [0.717, 1.165) is 17.0 Å². The number of nitrogens with zero attached hydrogens (tertiary/aromatic N) is 5. The second-order valence-electron chi connectivity index (χ2n) is 6.16. The number of methoxy groups -OCH3 is 1. The van der Waals surface area contributed by atoms with Gasteiger partial charge in [0.25, 0.3) is 5.91 Å². The lowest BCUT2D eigenvalue weighted by molar-refractivity contribution is 0.0722. The normalized spacial score (nSPS) is 13.8. The molecule has 3 aromatic rings. The van der Waals surface area contributed by atoms with Crippen LogP contribution in [-0.4, -0.2) is 51.0 Å². The zero-order valence-electron chi connectivity index (χ0n) is 14.6. The van der Waals surface area contributed by atoms with Crippen LogP contribution in [0.2, 0.25) is 0 Å². The molecule has 1 aliphatic rings. The van der Waals surface area contributed by atoms with Gasteiger partial charge in [-0.15, -0.1) is 0 Å². The van der Waals surface area contributed by atoms with E-state index < -0.39 is 0 Å². The molecule has 3 aromatic heterocycles. The first kappa shape index (κ1) is 16.5. The lowest BCUT2D eigenvalue weighted by Gasteiger charge is -2.27. The van der Waals surface area contributed by atoms with E-state index in [9.17, 15) is 4.79 Å². The second-order valence-corrected chi connectivity index (χ2v) is 6.16. The zero-order valence-corrected chi connectivity index (χ0v) is 14.6. The predicted octanol–water partition coefficient (Wildman–Crippen LogP) is 1.68. The number of aromatic nitrogens is 4. The maximum Gasteiger partial charge on any atom is 0.276 e. The van der Waals surface area contributed by atoms with Crippen LogP contribution in [0.1, 0.15) is 27.5 Å². The van der Waals surface area contributed by atoms with Crippen LogP contribution in [0.3, 0.4) is 0 Å². The summed E-state index contributed by atoms with van der Waals surface area (Å²) in [5, 5.41) is 8.52. The Labute approximate surface area is 149 Å². The summed E-state index contributed by atoms with van der Waals surface area (Å²) in [6.07, 6.45) is 3.64. The van der Waals surface area contributed by atoms with Crippen molar-refractivity contribution < 1.29 is 18.5 Å². The molecule has 0 radical (unpaired) electrons. The first-order valence-corrected chi connectivity index (χ1v) is 8.36. The molecule has 0 unspecified atom stereocenters. The minimum atomic E-state index is -0.150. The van der Waals surface area contributed by atoms with Crippen molar-refractivity contribution in [2.24, 2.45) is 0 Å². The van der Waals surface area contributed by atoms with E-state index in [1.807, 2.05) is 4.68 Å². The lowest BCUT2D eigenvalue weighted by atomic mass is 10.0. The average Bonchev–Trinajstić information content (AvgIpc) is 3.38. The fraction of sp³-hybridized carbons (Fsp3) is 0.412. The molecule has 136 valence electrons. The lowest BCUT2D eigenvalue weighted by Crippen LogP contribution is -2.36. The van der Waals surface area contributed by atoms with Crippen LogP contribution in [0, 0.1) is 6.92 Å². The molecule has 0 saturated heterocycles. The molecule has 26 heavy (non-hydrogen) atoms. The van der Waals surface area contributed by atoms with E-state index in [2.05, 4.69) is 15.2 Å². The Bertz CT molecular complexity index is 912. The molecule has 9 nitrogen and oxygen atoms in total. The molecular weight excluding hydrogens is 338 g/mol. The van der Waals surface area contributed by atoms with Crippen molar-refractivity contribution in [3.8, 4) is 11.4 Å². The summed E-state index contributed by atoms with van der Waals surface area (Å²) in [7, 11) is 1.66. The quantitative estimate of drug-likeness (QED) is 0.685. The summed E-state index contributed by atoms with van der Waals surface area (Å²) in [5.74, 6) is 0.463. The van der Waals surface area contributed by atoms with Crippen LogP contribution in [0.4, 0.5) is 0 Å². The smallest absolute Gasteiger partial charge is 0.276 e. The van der Waals surface area contributed by atoms with Crippen LogP contribution in [0.5, 0.6) is 0 Å². The Hall–Kier alpha value is -2.94. The fourth-order valence-corrected chi connectivity index (χ4v) is 3.19. The Morgan fingerprint density at radius 3 is 3.00 bits per heavy atom. The van der Waals surface area contributed by atoms with E-state index in [0.29, 0.717) is 49.8 Å². The summed E-state index contributed by atoms with van der Waals surface area (Å²) < 4.78 is 17.2. The van der Waals surface area contributed by atoms with Gasteiger partial charge in [0.1, 0.15) is 23.4 Å². The van der Waals surface area contributed by atoms with Gasteiger partial charge < -0.3 is 18.6 Å². The monoisotopic (exact) mass is 357 g/mol. The fourth-order valence-electron chi connectivity index (χ4n) is 3.19. The largest absolute Gasteiger partial charge is 0.451 e. The van der Waals surface area contributed by atoms with Crippen molar-refractivity contribution in [3.63, 3.8) is 0 Å². The number of aryl methyl sites for hydroxylation is 1. The van der Waals surface area contributed by atoms with Gasteiger partial charge in [-0.1, -0.05) is 5.16 Å². The molecule has 1 aliphatic heterocycles. The number of hydrogen-bond donors (Lipinski definition) is 0. The molecule has 0 atom stereocenters. The minimum absolute atomic E-state index is 0.150. The Morgan fingerprint density at radius 2 is 2.31 bits per heavy atom. The summed E-state index contributed by atoms with van der Waals surface area (Å²) in [6, 6.07) is 1.65.